The van der Waals surface area contributed by atoms with E-state index in [-0.39, 0.29) is 6.61 Å². The number of sulfonamides is 1. The maximum Gasteiger partial charge on any atom is 0.264 e. The Morgan fingerprint density at radius 2 is 1.95 bits per heavy atom. The standard InChI is InChI=1S/C14H15FN2O3S/c1-9-3-5-13(10(2)16-9)17-21(19,20)14-6-4-11(8-18)7-12(14)15/h3-7,17-18H,8H2,1-2H3. The zero-order valence-electron chi connectivity index (χ0n) is 11.6. The van der Waals surface area contributed by atoms with Gasteiger partial charge in [-0.15, -0.1) is 0 Å². The molecule has 0 unspecified atom stereocenters. The Hall–Kier alpha value is -1.99. The normalized spacial score (nSPS) is 11.4. The van der Waals surface area contributed by atoms with Crippen LogP contribution in [-0.2, 0) is 16.6 Å². The van der Waals surface area contributed by atoms with E-state index in [2.05, 4.69) is 9.71 Å². The van der Waals surface area contributed by atoms with Crippen LogP contribution in [0, 0.1) is 19.7 Å². The highest BCUT2D eigenvalue weighted by molar-refractivity contribution is 7.92. The molecular weight excluding hydrogens is 295 g/mol. The molecule has 0 spiro atoms. The lowest BCUT2D eigenvalue weighted by Gasteiger charge is -2.11. The average Bonchev–Trinajstić information content (AvgIpc) is 2.41. The van der Waals surface area contributed by atoms with Gasteiger partial charge < -0.3 is 5.11 Å². The highest BCUT2D eigenvalue weighted by atomic mass is 32.2. The Kier molecular flexibility index (Phi) is 4.24. The molecule has 0 amide bonds. The van der Waals surface area contributed by atoms with Crippen LogP contribution in [0.1, 0.15) is 17.0 Å². The van der Waals surface area contributed by atoms with Crippen molar-refractivity contribution in [1.29, 1.82) is 0 Å². The fraction of sp³-hybridized carbons (Fsp3) is 0.214. The van der Waals surface area contributed by atoms with Crippen molar-refractivity contribution in [2.45, 2.75) is 25.3 Å². The quantitative estimate of drug-likeness (QED) is 0.906. The number of aliphatic hydroxyl groups is 1. The van der Waals surface area contributed by atoms with Crippen molar-refractivity contribution in [3.8, 4) is 0 Å². The van der Waals surface area contributed by atoms with Gasteiger partial charge in [0, 0.05) is 5.69 Å². The predicted octanol–water partition coefficient (Wildman–Crippen LogP) is 2.13. The smallest absolute Gasteiger partial charge is 0.264 e. The molecule has 5 nitrogen and oxygen atoms in total. The number of aliphatic hydroxyl groups excluding tert-OH is 1. The number of pyridine rings is 1. The molecule has 1 heterocycles. The van der Waals surface area contributed by atoms with E-state index in [0.717, 1.165) is 17.8 Å². The van der Waals surface area contributed by atoms with E-state index in [1.54, 1.807) is 26.0 Å². The molecule has 0 bridgehead atoms. The van der Waals surface area contributed by atoms with E-state index in [4.69, 9.17) is 5.11 Å². The zero-order chi connectivity index (χ0) is 15.6. The summed E-state index contributed by atoms with van der Waals surface area (Å²) in [4.78, 5) is 3.67. The van der Waals surface area contributed by atoms with Gasteiger partial charge >= 0.3 is 0 Å². The van der Waals surface area contributed by atoms with E-state index in [1.807, 2.05) is 0 Å². The van der Waals surface area contributed by atoms with E-state index in [1.165, 1.54) is 6.07 Å². The lowest BCUT2D eigenvalue weighted by molar-refractivity contribution is 0.281. The van der Waals surface area contributed by atoms with Gasteiger partial charge in [0.2, 0.25) is 0 Å². The number of rotatable bonds is 4. The van der Waals surface area contributed by atoms with Crippen LogP contribution in [0.25, 0.3) is 0 Å². The van der Waals surface area contributed by atoms with Crippen LogP contribution in [0.5, 0.6) is 0 Å². The molecule has 0 saturated heterocycles. The Bertz CT molecular complexity index is 776. The van der Waals surface area contributed by atoms with Gasteiger partial charge in [0.25, 0.3) is 10.0 Å². The van der Waals surface area contributed by atoms with Crippen molar-refractivity contribution in [2.75, 3.05) is 4.72 Å². The van der Waals surface area contributed by atoms with Gasteiger partial charge in [-0.3, -0.25) is 9.71 Å². The molecule has 0 saturated carbocycles. The topological polar surface area (TPSA) is 79.3 Å². The lowest BCUT2D eigenvalue weighted by atomic mass is 10.2. The van der Waals surface area contributed by atoms with Crippen molar-refractivity contribution in [3.63, 3.8) is 0 Å². The summed E-state index contributed by atoms with van der Waals surface area (Å²) < 4.78 is 40.6. The third-order valence-corrected chi connectivity index (χ3v) is 4.34. The monoisotopic (exact) mass is 310 g/mol. The van der Waals surface area contributed by atoms with Crippen molar-refractivity contribution in [1.82, 2.24) is 4.98 Å². The molecule has 1 aromatic carbocycles. The van der Waals surface area contributed by atoms with Crippen LogP contribution in [0.2, 0.25) is 0 Å². The predicted molar refractivity (Wildman–Crippen MR) is 76.8 cm³/mol. The molecule has 0 atom stereocenters. The summed E-state index contributed by atoms with van der Waals surface area (Å²) in [7, 11) is -4.05. The third-order valence-electron chi connectivity index (χ3n) is 2.94. The molecule has 112 valence electrons. The molecule has 0 radical (unpaired) electrons. The van der Waals surface area contributed by atoms with E-state index < -0.39 is 20.7 Å². The molecular formula is C14H15FN2O3S. The van der Waals surface area contributed by atoms with E-state index in [9.17, 15) is 12.8 Å². The Balaban J connectivity index is 2.38. The number of aryl methyl sites for hydroxylation is 2. The molecule has 21 heavy (non-hydrogen) atoms. The van der Waals surface area contributed by atoms with Crippen molar-refractivity contribution in [2.24, 2.45) is 0 Å². The van der Waals surface area contributed by atoms with Crippen LogP contribution in [0.4, 0.5) is 10.1 Å². The summed E-state index contributed by atoms with van der Waals surface area (Å²) in [6, 6.07) is 6.72. The maximum atomic E-state index is 13.9. The minimum absolute atomic E-state index is 0.297. The molecule has 2 aromatic rings. The van der Waals surface area contributed by atoms with Gasteiger partial charge in [0.1, 0.15) is 10.7 Å². The second-order valence-corrected chi connectivity index (χ2v) is 6.26. The maximum absolute atomic E-state index is 13.9. The highest BCUT2D eigenvalue weighted by Gasteiger charge is 2.20. The SMILES string of the molecule is Cc1ccc(NS(=O)(=O)c2ccc(CO)cc2F)c(C)n1. The molecule has 0 aliphatic carbocycles. The molecule has 0 aliphatic heterocycles. The Labute approximate surface area is 122 Å². The van der Waals surface area contributed by atoms with Crippen LogP contribution in [0.15, 0.2) is 35.2 Å². The molecule has 0 fully saturated rings. The van der Waals surface area contributed by atoms with E-state index >= 15 is 0 Å². The van der Waals surface area contributed by atoms with Crippen LogP contribution in [0.3, 0.4) is 0 Å². The highest BCUT2D eigenvalue weighted by Crippen LogP contribution is 2.21. The first-order valence-electron chi connectivity index (χ1n) is 6.20. The summed E-state index contributed by atoms with van der Waals surface area (Å²) in [5.74, 6) is -0.910. The Morgan fingerprint density at radius 3 is 2.52 bits per heavy atom. The van der Waals surface area contributed by atoms with Gasteiger partial charge in [0.05, 0.1) is 18.0 Å². The number of halogens is 1. The fourth-order valence-corrected chi connectivity index (χ4v) is 3.03. The van der Waals surface area contributed by atoms with Gasteiger partial charge in [-0.1, -0.05) is 6.07 Å². The molecule has 2 rings (SSSR count). The van der Waals surface area contributed by atoms with Gasteiger partial charge in [-0.25, -0.2) is 12.8 Å². The molecule has 0 aliphatic rings. The minimum atomic E-state index is -4.05. The van der Waals surface area contributed by atoms with Crippen molar-refractivity contribution >= 4 is 15.7 Å². The van der Waals surface area contributed by atoms with Crippen molar-refractivity contribution < 1.29 is 17.9 Å². The molecule has 2 N–H and O–H groups in total. The number of hydrogen-bond donors (Lipinski definition) is 2. The first-order valence-corrected chi connectivity index (χ1v) is 7.68. The third kappa shape index (κ3) is 3.37. The molecule has 7 heteroatoms. The Morgan fingerprint density at radius 1 is 1.24 bits per heavy atom. The second-order valence-electron chi connectivity index (χ2n) is 4.61. The first-order chi connectivity index (χ1) is 9.83. The second kappa shape index (κ2) is 5.79. The summed E-state index contributed by atoms with van der Waals surface area (Å²) in [5.41, 5.74) is 1.87. The van der Waals surface area contributed by atoms with Gasteiger partial charge in [0.15, 0.2) is 0 Å². The van der Waals surface area contributed by atoms with E-state index in [0.29, 0.717) is 16.9 Å². The first kappa shape index (κ1) is 15.4. The number of nitrogens with one attached hydrogen (secondary N) is 1. The average molecular weight is 310 g/mol. The summed E-state index contributed by atoms with van der Waals surface area (Å²) >= 11 is 0. The minimum Gasteiger partial charge on any atom is -0.392 e. The zero-order valence-corrected chi connectivity index (χ0v) is 12.4. The van der Waals surface area contributed by atoms with Gasteiger partial charge in [-0.05, 0) is 43.7 Å². The van der Waals surface area contributed by atoms with Crippen LogP contribution in [-0.4, -0.2) is 18.5 Å². The number of nitrogens with zero attached hydrogens (tertiary/aromatic N) is 1. The number of benzene rings is 1. The lowest BCUT2D eigenvalue weighted by Crippen LogP contribution is -2.16. The summed E-state index contributed by atoms with van der Waals surface area (Å²) in [6.45, 7) is 3.10. The molecule has 1 aromatic heterocycles. The number of anilines is 1. The summed E-state index contributed by atoms with van der Waals surface area (Å²) in [5, 5.41) is 8.91. The summed E-state index contributed by atoms with van der Waals surface area (Å²) in [6.07, 6.45) is 0. The fourth-order valence-electron chi connectivity index (χ4n) is 1.85. The number of aromatic nitrogens is 1. The van der Waals surface area contributed by atoms with Crippen LogP contribution < -0.4 is 4.72 Å². The number of hydrogen-bond acceptors (Lipinski definition) is 4. The van der Waals surface area contributed by atoms with Crippen molar-refractivity contribution in [3.05, 3.63) is 53.1 Å². The largest absolute Gasteiger partial charge is 0.392 e. The van der Waals surface area contributed by atoms with Crippen LogP contribution >= 0.6 is 0 Å². The van der Waals surface area contributed by atoms with Gasteiger partial charge in [-0.2, -0.15) is 0 Å².